The van der Waals surface area contributed by atoms with E-state index in [1.165, 1.54) is 23.4 Å². The molecule has 0 amide bonds. The van der Waals surface area contributed by atoms with Crippen molar-refractivity contribution in [1.29, 1.82) is 0 Å². The van der Waals surface area contributed by atoms with Crippen molar-refractivity contribution in [3.63, 3.8) is 0 Å². The summed E-state index contributed by atoms with van der Waals surface area (Å²) in [6.45, 7) is 2.07. The minimum Gasteiger partial charge on any atom is -0.467 e. The first-order chi connectivity index (χ1) is 8.70. The van der Waals surface area contributed by atoms with Gasteiger partial charge in [0.25, 0.3) is 0 Å². The third-order valence-corrected chi connectivity index (χ3v) is 3.34. The van der Waals surface area contributed by atoms with Crippen molar-refractivity contribution in [3.8, 4) is 0 Å². The van der Waals surface area contributed by atoms with E-state index in [9.17, 15) is 4.79 Å². The number of aryl methyl sites for hydroxylation is 1. The van der Waals surface area contributed by atoms with E-state index in [4.69, 9.17) is 4.74 Å². The van der Waals surface area contributed by atoms with Gasteiger partial charge in [-0.05, 0) is 34.9 Å². The van der Waals surface area contributed by atoms with E-state index in [0.717, 1.165) is 5.56 Å². The average molecular weight is 242 g/mol. The van der Waals surface area contributed by atoms with E-state index >= 15 is 0 Å². The first-order valence-electron chi connectivity index (χ1n) is 5.93. The summed E-state index contributed by atoms with van der Waals surface area (Å²) >= 11 is 0. The Kier molecular flexibility index (Phi) is 2.56. The fraction of sp³-hybridized carbons (Fsp3) is 0.267. The van der Waals surface area contributed by atoms with Crippen LogP contribution in [0.15, 0.2) is 36.4 Å². The lowest BCUT2D eigenvalue weighted by molar-refractivity contribution is -0.142. The number of benzene rings is 2. The lowest BCUT2D eigenvalue weighted by atomic mass is 9.99. The molecular weight excluding hydrogens is 228 g/mol. The number of carbonyl (C=O) groups is 1. The molecule has 2 aromatic rings. The number of ether oxygens (including phenoxy) is 2. The topological polar surface area (TPSA) is 38.8 Å². The van der Waals surface area contributed by atoms with E-state index in [2.05, 4.69) is 35.9 Å². The standard InChI is InChI=1S/C15H14O3/c1-9-7-11(13-14(18-13)15(16)17-2)8-10-5-3-4-6-12(9)10/h3-8,13-14H,1-2H3. The molecule has 3 nitrogen and oxygen atoms in total. The number of epoxide rings is 1. The second-order valence-electron chi connectivity index (χ2n) is 4.56. The highest BCUT2D eigenvalue weighted by molar-refractivity contribution is 5.87. The van der Waals surface area contributed by atoms with Gasteiger partial charge in [0, 0.05) is 0 Å². The van der Waals surface area contributed by atoms with E-state index in [1.807, 2.05) is 12.1 Å². The molecule has 92 valence electrons. The molecule has 0 spiro atoms. The Morgan fingerprint density at radius 1 is 1.28 bits per heavy atom. The SMILES string of the molecule is COC(=O)C1OC1c1cc(C)c2ccccc2c1. The zero-order valence-electron chi connectivity index (χ0n) is 10.3. The van der Waals surface area contributed by atoms with Crippen molar-refractivity contribution >= 4 is 16.7 Å². The van der Waals surface area contributed by atoms with Crippen molar-refractivity contribution < 1.29 is 14.3 Å². The van der Waals surface area contributed by atoms with E-state index in [0.29, 0.717) is 0 Å². The molecule has 1 fully saturated rings. The molecule has 2 aromatic carbocycles. The summed E-state index contributed by atoms with van der Waals surface area (Å²) in [6, 6.07) is 12.4. The lowest BCUT2D eigenvalue weighted by Crippen LogP contribution is -2.09. The minimum atomic E-state index is -0.435. The summed E-state index contributed by atoms with van der Waals surface area (Å²) in [5.41, 5.74) is 2.24. The van der Waals surface area contributed by atoms with Gasteiger partial charge in [-0.2, -0.15) is 0 Å². The summed E-state index contributed by atoms with van der Waals surface area (Å²) in [4.78, 5) is 11.4. The molecule has 3 heteroatoms. The Morgan fingerprint density at radius 3 is 2.83 bits per heavy atom. The highest BCUT2D eigenvalue weighted by atomic mass is 16.6. The number of hydrogen-bond acceptors (Lipinski definition) is 3. The number of esters is 1. The van der Waals surface area contributed by atoms with Crippen molar-refractivity contribution in [1.82, 2.24) is 0 Å². The maximum absolute atomic E-state index is 11.4. The van der Waals surface area contributed by atoms with Gasteiger partial charge in [-0.25, -0.2) is 4.79 Å². The Labute approximate surface area is 105 Å². The minimum absolute atomic E-state index is 0.152. The molecule has 0 bridgehead atoms. The summed E-state index contributed by atoms with van der Waals surface area (Å²) in [6.07, 6.45) is -0.587. The van der Waals surface area contributed by atoms with Gasteiger partial charge in [0.1, 0.15) is 6.10 Å². The van der Waals surface area contributed by atoms with Crippen LogP contribution in [-0.2, 0) is 14.3 Å². The van der Waals surface area contributed by atoms with E-state index < -0.39 is 6.10 Å². The molecule has 2 unspecified atom stereocenters. The molecule has 18 heavy (non-hydrogen) atoms. The third-order valence-electron chi connectivity index (χ3n) is 3.34. The molecule has 0 aromatic heterocycles. The molecule has 0 N–H and O–H groups in total. The molecule has 0 aliphatic carbocycles. The van der Waals surface area contributed by atoms with Crippen LogP contribution in [0.25, 0.3) is 10.8 Å². The zero-order chi connectivity index (χ0) is 12.7. The normalized spacial score (nSPS) is 21.9. The molecule has 0 saturated carbocycles. The first-order valence-corrected chi connectivity index (χ1v) is 5.93. The van der Waals surface area contributed by atoms with Crippen LogP contribution in [0.3, 0.4) is 0 Å². The summed E-state index contributed by atoms with van der Waals surface area (Å²) in [5, 5.41) is 2.41. The van der Waals surface area contributed by atoms with Gasteiger partial charge in [-0.1, -0.05) is 30.3 Å². The summed E-state index contributed by atoms with van der Waals surface area (Å²) in [5.74, 6) is -0.300. The predicted molar refractivity (Wildman–Crippen MR) is 68.3 cm³/mol. The van der Waals surface area contributed by atoms with Crippen LogP contribution in [0.2, 0.25) is 0 Å². The molecule has 1 aliphatic heterocycles. The van der Waals surface area contributed by atoms with Crippen molar-refractivity contribution in [2.75, 3.05) is 7.11 Å². The Bertz CT molecular complexity index is 618. The number of carbonyl (C=O) groups excluding carboxylic acids is 1. The highest BCUT2D eigenvalue weighted by Crippen LogP contribution is 2.40. The Hall–Kier alpha value is -1.87. The molecule has 1 saturated heterocycles. The van der Waals surface area contributed by atoms with Gasteiger partial charge in [-0.3, -0.25) is 0 Å². The van der Waals surface area contributed by atoms with Crippen molar-refractivity contribution in [2.24, 2.45) is 0 Å². The van der Waals surface area contributed by atoms with Crippen LogP contribution in [0.4, 0.5) is 0 Å². The van der Waals surface area contributed by atoms with Crippen molar-refractivity contribution in [3.05, 3.63) is 47.5 Å². The second kappa shape index (κ2) is 4.10. The monoisotopic (exact) mass is 242 g/mol. The zero-order valence-corrected chi connectivity index (χ0v) is 10.3. The van der Waals surface area contributed by atoms with Crippen LogP contribution in [0.5, 0.6) is 0 Å². The maximum Gasteiger partial charge on any atom is 0.338 e. The molecule has 1 heterocycles. The Morgan fingerprint density at radius 2 is 2.06 bits per heavy atom. The largest absolute Gasteiger partial charge is 0.467 e. The van der Waals surface area contributed by atoms with Gasteiger partial charge in [0.05, 0.1) is 7.11 Å². The van der Waals surface area contributed by atoms with Crippen molar-refractivity contribution in [2.45, 2.75) is 19.1 Å². The summed E-state index contributed by atoms with van der Waals surface area (Å²) in [7, 11) is 1.38. The fourth-order valence-corrected chi connectivity index (χ4v) is 2.36. The quantitative estimate of drug-likeness (QED) is 0.600. The van der Waals surface area contributed by atoms with Gasteiger partial charge < -0.3 is 9.47 Å². The summed E-state index contributed by atoms with van der Waals surface area (Å²) < 4.78 is 10.1. The molecule has 3 rings (SSSR count). The third kappa shape index (κ3) is 1.77. The molecule has 0 radical (unpaired) electrons. The van der Waals surface area contributed by atoms with Crippen LogP contribution in [0, 0.1) is 6.92 Å². The van der Waals surface area contributed by atoms with Gasteiger partial charge in [0.2, 0.25) is 0 Å². The number of hydrogen-bond donors (Lipinski definition) is 0. The first kappa shape index (κ1) is 11.2. The van der Waals surface area contributed by atoms with E-state index in [1.54, 1.807) is 0 Å². The maximum atomic E-state index is 11.4. The smallest absolute Gasteiger partial charge is 0.338 e. The second-order valence-corrected chi connectivity index (χ2v) is 4.56. The van der Waals surface area contributed by atoms with Crippen LogP contribution < -0.4 is 0 Å². The fourth-order valence-electron chi connectivity index (χ4n) is 2.36. The van der Waals surface area contributed by atoms with Crippen LogP contribution >= 0.6 is 0 Å². The lowest BCUT2D eigenvalue weighted by Gasteiger charge is -2.05. The predicted octanol–water partition coefficient (Wildman–Crippen LogP) is 2.76. The van der Waals surface area contributed by atoms with Gasteiger partial charge >= 0.3 is 5.97 Å². The molecule has 1 aliphatic rings. The Balaban J connectivity index is 1.97. The van der Waals surface area contributed by atoms with Crippen LogP contribution in [-0.4, -0.2) is 19.2 Å². The number of fused-ring (bicyclic) bond motifs is 1. The highest BCUT2D eigenvalue weighted by Gasteiger charge is 2.47. The average Bonchev–Trinajstić information content (AvgIpc) is 3.18. The number of methoxy groups -OCH3 is 1. The van der Waals surface area contributed by atoms with Gasteiger partial charge in [-0.15, -0.1) is 0 Å². The van der Waals surface area contributed by atoms with Crippen LogP contribution in [0.1, 0.15) is 17.2 Å². The van der Waals surface area contributed by atoms with E-state index in [-0.39, 0.29) is 12.1 Å². The van der Waals surface area contributed by atoms with Gasteiger partial charge in [0.15, 0.2) is 6.10 Å². The molecular formula is C15H14O3. The number of rotatable bonds is 2. The molecule has 2 atom stereocenters.